The number of hydrogen-bond acceptors (Lipinski definition) is 5. The smallest absolute Gasteiger partial charge is 0.313 e. The summed E-state index contributed by atoms with van der Waals surface area (Å²) in [5.74, 6) is 5.36. The van der Waals surface area contributed by atoms with E-state index in [2.05, 4.69) is 10.2 Å². The Morgan fingerprint density at radius 1 is 1.37 bits per heavy atom. The van der Waals surface area contributed by atoms with Gasteiger partial charge in [0.1, 0.15) is 0 Å². The third-order valence-electron chi connectivity index (χ3n) is 2.34. The topological polar surface area (TPSA) is 94.0 Å². The van der Waals surface area contributed by atoms with Gasteiger partial charge in [0.2, 0.25) is 5.16 Å². The molecule has 6 nitrogen and oxygen atoms in total. The van der Waals surface area contributed by atoms with Gasteiger partial charge in [-0.05, 0) is 17.7 Å². The third-order valence-corrected chi connectivity index (χ3v) is 3.52. The molecule has 0 fully saturated rings. The van der Waals surface area contributed by atoms with E-state index in [-0.39, 0.29) is 5.75 Å². The molecule has 1 heterocycles. The second-order valence-corrected chi connectivity index (χ2v) is 5.13. The Morgan fingerprint density at radius 2 is 2.05 bits per heavy atom. The summed E-state index contributed by atoms with van der Waals surface area (Å²) in [6.45, 7) is 0. The predicted octanol–water partition coefficient (Wildman–Crippen LogP) is 1.41. The molecule has 0 saturated carbocycles. The molecular weight excluding hydrogens is 288 g/mol. The van der Waals surface area contributed by atoms with Gasteiger partial charge in [-0.2, -0.15) is 0 Å². The minimum absolute atomic E-state index is 0.101. The number of aromatic nitrogens is 3. The van der Waals surface area contributed by atoms with Crippen molar-refractivity contribution >= 4 is 29.3 Å². The van der Waals surface area contributed by atoms with E-state index in [0.717, 1.165) is 17.3 Å². The molecule has 0 aliphatic heterocycles. The van der Waals surface area contributed by atoms with Crippen molar-refractivity contribution in [2.24, 2.45) is 0 Å². The molecule has 0 atom stereocenters. The fourth-order valence-corrected chi connectivity index (χ4v) is 2.16. The normalized spacial score (nSPS) is 10.6. The predicted molar refractivity (Wildman–Crippen MR) is 72.8 cm³/mol. The molecular formula is C11H11ClN4O2S. The number of nitrogen functional groups attached to an aromatic ring is 1. The maximum absolute atomic E-state index is 10.5. The number of aliphatic carboxylic acids is 1. The van der Waals surface area contributed by atoms with Gasteiger partial charge in [0.25, 0.3) is 0 Å². The van der Waals surface area contributed by atoms with Crippen molar-refractivity contribution in [1.29, 1.82) is 0 Å². The van der Waals surface area contributed by atoms with E-state index in [1.54, 1.807) is 12.1 Å². The Labute approximate surface area is 118 Å². The number of thioether (sulfide) groups is 1. The number of benzene rings is 1. The number of carbonyl (C=O) groups is 1. The highest BCUT2D eigenvalue weighted by Crippen LogP contribution is 2.17. The average molecular weight is 299 g/mol. The average Bonchev–Trinajstić information content (AvgIpc) is 2.71. The quantitative estimate of drug-likeness (QED) is 0.640. The highest BCUT2D eigenvalue weighted by Gasteiger charge is 2.12. The van der Waals surface area contributed by atoms with Gasteiger partial charge in [-0.15, -0.1) is 10.2 Å². The van der Waals surface area contributed by atoms with E-state index in [4.69, 9.17) is 22.6 Å². The number of carboxylic acid groups (broad SMARTS) is 1. The maximum Gasteiger partial charge on any atom is 0.313 e. The lowest BCUT2D eigenvalue weighted by molar-refractivity contribution is -0.133. The SMILES string of the molecule is Nn1c(Cc2ccc(Cl)cc2)nnc1SCC(=O)O. The highest BCUT2D eigenvalue weighted by atomic mass is 35.5. The summed E-state index contributed by atoms with van der Waals surface area (Å²) in [4.78, 5) is 10.5. The Hall–Kier alpha value is -1.73. The molecule has 2 aromatic rings. The number of halogens is 1. The second-order valence-electron chi connectivity index (χ2n) is 3.75. The number of nitrogens with zero attached hydrogens (tertiary/aromatic N) is 3. The molecule has 100 valence electrons. The van der Waals surface area contributed by atoms with Crippen molar-refractivity contribution in [2.45, 2.75) is 11.6 Å². The Kier molecular flexibility index (Phi) is 4.28. The van der Waals surface area contributed by atoms with Crippen LogP contribution in [0.15, 0.2) is 29.4 Å². The van der Waals surface area contributed by atoms with Gasteiger partial charge >= 0.3 is 5.97 Å². The fraction of sp³-hybridized carbons (Fsp3) is 0.182. The minimum atomic E-state index is -0.924. The summed E-state index contributed by atoms with van der Waals surface area (Å²) in [6.07, 6.45) is 0.508. The molecule has 0 saturated heterocycles. The Balaban J connectivity index is 2.09. The van der Waals surface area contributed by atoms with Crippen LogP contribution < -0.4 is 5.84 Å². The van der Waals surface area contributed by atoms with E-state index < -0.39 is 5.97 Å². The molecule has 8 heteroatoms. The number of hydrogen-bond donors (Lipinski definition) is 2. The minimum Gasteiger partial charge on any atom is -0.481 e. The van der Waals surface area contributed by atoms with Crippen molar-refractivity contribution in [3.63, 3.8) is 0 Å². The summed E-state index contributed by atoms with van der Waals surface area (Å²) in [5, 5.41) is 17.5. The molecule has 0 spiro atoms. The summed E-state index contributed by atoms with van der Waals surface area (Å²) >= 11 is 6.84. The standard InChI is InChI=1S/C11H11ClN4O2S/c12-8-3-1-7(2-4-8)5-9-14-15-11(16(9)13)19-6-10(17)18/h1-4H,5-6,13H2,(H,17,18). The van der Waals surface area contributed by atoms with E-state index in [1.165, 1.54) is 4.68 Å². The molecule has 0 aliphatic carbocycles. The maximum atomic E-state index is 10.5. The molecule has 0 unspecified atom stereocenters. The van der Waals surface area contributed by atoms with Crippen LogP contribution in [0.25, 0.3) is 0 Å². The lowest BCUT2D eigenvalue weighted by atomic mass is 10.1. The van der Waals surface area contributed by atoms with Crippen LogP contribution in [0.5, 0.6) is 0 Å². The summed E-state index contributed by atoms with van der Waals surface area (Å²) in [6, 6.07) is 7.32. The summed E-state index contributed by atoms with van der Waals surface area (Å²) in [5.41, 5.74) is 0.998. The number of rotatable bonds is 5. The van der Waals surface area contributed by atoms with Gasteiger partial charge in [-0.3, -0.25) is 4.79 Å². The van der Waals surface area contributed by atoms with Crippen molar-refractivity contribution in [3.05, 3.63) is 40.7 Å². The fourth-order valence-electron chi connectivity index (χ4n) is 1.44. The van der Waals surface area contributed by atoms with Gasteiger partial charge in [-0.25, -0.2) is 4.68 Å². The van der Waals surface area contributed by atoms with Gasteiger partial charge in [-0.1, -0.05) is 35.5 Å². The third kappa shape index (κ3) is 3.62. The van der Waals surface area contributed by atoms with Gasteiger partial charge in [0.15, 0.2) is 5.82 Å². The molecule has 19 heavy (non-hydrogen) atoms. The van der Waals surface area contributed by atoms with Gasteiger partial charge < -0.3 is 10.9 Å². The first kappa shape index (κ1) is 13.7. The Morgan fingerprint density at radius 3 is 2.68 bits per heavy atom. The van der Waals surface area contributed by atoms with Crippen LogP contribution in [0.2, 0.25) is 5.02 Å². The van der Waals surface area contributed by atoms with Gasteiger partial charge in [0.05, 0.1) is 5.75 Å². The lowest BCUT2D eigenvalue weighted by Crippen LogP contribution is -2.15. The van der Waals surface area contributed by atoms with Crippen LogP contribution in [0.1, 0.15) is 11.4 Å². The number of nitrogens with two attached hydrogens (primary N) is 1. The van der Waals surface area contributed by atoms with Crippen LogP contribution in [0.3, 0.4) is 0 Å². The van der Waals surface area contributed by atoms with Crippen molar-refractivity contribution in [3.8, 4) is 0 Å². The molecule has 0 bridgehead atoms. The largest absolute Gasteiger partial charge is 0.481 e. The molecule has 0 amide bonds. The lowest BCUT2D eigenvalue weighted by Gasteiger charge is -2.03. The molecule has 1 aromatic carbocycles. The summed E-state index contributed by atoms with van der Waals surface area (Å²) < 4.78 is 1.31. The van der Waals surface area contributed by atoms with Crippen molar-refractivity contribution in [2.75, 3.05) is 11.6 Å². The molecule has 2 rings (SSSR count). The monoisotopic (exact) mass is 298 g/mol. The zero-order chi connectivity index (χ0) is 13.8. The van der Waals surface area contributed by atoms with Crippen LogP contribution in [-0.2, 0) is 11.2 Å². The first-order chi connectivity index (χ1) is 9.06. The van der Waals surface area contributed by atoms with Gasteiger partial charge in [0, 0.05) is 11.4 Å². The highest BCUT2D eigenvalue weighted by molar-refractivity contribution is 7.99. The number of carboxylic acids is 1. The Bertz CT molecular complexity index is 585. The molecule has 0 aliphatic rings. The molecule has 3 N–H and O–H groups in total. The first-order valence-corrected chi connectivity index (χ1v) is 6.71. The van der Waals surface area contributed by atoms with Crippen molar-refractivity contribution < 1.29 is 9.90 Å². The van der Waals surface area contributed by atoms with Crippen LogP contribution in [-0.4, -0.2) is 31.7 Å². The molecule has 1 aromatic heterocycles. The van der Waals surface area contributed by atoms with E-state index in [9.17, 15) is 4.79 Å². The first-order valence-electron chi connectivity index (χ1n) is 5.34. The van der Waals surface area contributed by atoms with E-state index in [0.29, 0.717) is 22.4 Å². The van der Waals surface area contributed by atoms with E-state index in [1.807, 2.05) is 12.1 Å². The van der Waals surface area contributed by atoms with Crippen molar-refractivity contribution in [1.82, 2.24) is 14.9 Å². The molecule has 0 radical (unpaired) electrons. The van der Waals surface area contributed by atoms with E-state index >= 15 is 0 Å². The summed E-state index contributed by atoms with van der Waals surface area (Å²) in [7, 11) is 0. The van der Waals surface area contributed by atoms with Crippen LogP contribution in [0.4, 0.5) is 0 Å². The zero-order valence-electron chi connectivity index (χ0n) is 9.78. The second kappa shape index (κ2) is 5.94. The van der Waals surface area contributed by atoms with Crippen LogP contribution in [0, 0.1) is 0 Å². The zero-order valence-corrected chi connectivity index (χ0v) is 11.4. The van der Waals surface area contributed by atoms with Crippen LogP contribution >= 0.6 is 23.4 Å².